The van der Waals surface area contributed by atoms with E-state index in [-0.39, 0.29) is 12.4 Å². The molecule has 0 fully saturated rings. The van der Waals surface area contributed by atoms with Crippen LogP contribution in [0.25, 0.3) is 16.0 Å². The second kappa shape index (κ2) is 5.77. The number of esters is 1. The van der Waals surface area contributed by atoms with E-state index in [1.54, 1.807) is 0 Å². The lowest BCUT2D eigenvalue weighted by Gasteiger charge is -2.04. The Morgan fingerprint density at radius 2 is 2.18 bits per heavy atom. The molecule has 0 unspecified atom stereocenters. The van der Waals surface area contributed by atoms with Gasteiger partial charge >= 0.3 is 5.97 Å². The molecule has 0 radical (unpaired) electrons. The van der Waals surface area contributed by atoms with E-state index in [9.17, 15) is 9.59 Å². The van der Waals surface area contributed by atoms with Gasteiger partial charge in [0.05, 0.1) is 19.2 Å². The minimum Gasteiger partial charge on any atom is -0.469 e. The Bertz CT molecular complexity index is 860. The molecular weight excluding hydrogens is 298 g/mol. The van der Waals surface area contributed by atoms with Gasteiger partial charge in [-0.2, -0.15) is 0 Å². The Balaban J connectivity index is 2.17. The van der Waals surface area contributed by atoms with Crippen molar-refractivity contribution in [1.82, 2.24) is 4.40 Å². The van der Waals surface area contributed by atoms with E-state index in [4.69, 9.17) is 4.74 Å². The van der Waals surface area contributed by atoms with Gasteiger partial charge in [-0.05, 0) is 18.6 Å². The Morgan fingerprint density at radius 3 is 2.86 bits per heavy atom. The standard InChI is InChI=1S/C17H15NO3S/c1-11-4-3-5-12(6-11)14-8-16-18(15(14)9-19)13(10-22-16)7-17(20)21-2/h3-6,8-10H,7H2,1-2H3. The van der Waals surface area contributed by atoms with E-state index in [1.807, 2.05) is 47.0 Å². The van der Waals surface area contributed by atoms with Crippen LogP contribution >= 0.6 is 11.3 Å². The number of hydrogen-bond donors (Lipinski definition) is 0. The van der Waals surface area contributed by atoms with Crippen molar-refractivity contribution in [2.45, 2.75) is 13.3 Å². The van der Waals surface area contributed by atoms with Crippen LogP contribution in [-0.2, 0) is 16.0 Å². The molecule has 0 aliphatic heterocycles. The van der Waals surface area contributed by atoms with Crippen LogP contribution in [0, 0.1) is 6.92 Å². The van der Waals surface area contributed by atoms with Crippen LogP contribution in [0.4, 0.5) is 0 Å². The number of rotatable bonds is 4. The molecule has 0 saturated carbocycles. The highest BCUT2D eigenvalue weighted by atomic mass is 32.1. The average molecular weight is 313 g/mol. The van der Waals surface area contributed by atoms with Crippen LogP contribution in [0.5, 0.6) is 0 Å². The molecule has 2 heterocycles. The largest absolute Gasteiger partial charge is 0.469 e. The fourth-order valence-corrected chi connectivity index (χ4v) is 3.52. The van der Waals surface area contributed by atoms with Crippen molar-refractivity contribution >= 4 is 28.4 Å². The molecule has 112 valence electrons. The Labute approximate surface area is 132 Å². The van der Waals surface area contributed by atoms with Crippen LogP contribution < -0.4 is 0 Å². The Morgan fingerprint density at radius 1 is 1.36 bits per heavy atom. The number of benzene rings is 1. The van der Waals surface area contributed by atoms with Gasteiger partial charge in [0, 0.05) is 16.6 Å². The maximum absolute atomic E-state index is 11.6. The SMILES string of the molecule is COC(=O)Cc1csc2cc(-c3cccc(C)c3)c(C=O)n12. The summed E-state index contributed by atoms with van der Waals surface area (Å²) in [5.41, 5.74) is 4.37. The molecule has 0 aliphatic rings. The number of aromatic nitrogens is 1. The maximum atomic E-state index is 11.6. The predicted molar refractivity (Wildman–Crippen MR) is 86.6 cm³/mol. The molecule has 3 rings (SSSR count). The molecule has 0 spiro atoms. The van der Waals surface area contributed by atoms with Crippen molar-refractivity contribution in [3.63, 3.8) is 0 Å². The minimum atomic E-state index is -0.317. The van der Waals surface area contributed by atoms with Crippen LogP contribution in [0.3, 0.4) is 0 Å². The van der Waals surface area contributed by atoms with Crippen molar-refractivity contribution in [1.29, 1.82) is 0 Å². The average Bonchev–Trinajstić information content (AvgIpc) is 3.06. The zero-order valence-electron chi connectivity index (χ0n) is 12.3. The van der Waals surface area contributed by atoms with Gasteiger partial charge in [0.15, 0.2) is 6.29 Å². The summed E-state index contributed by atoms with van der Waals surface area (Å²) >= 11 is 1.51. The molecule has 0 aliphatic carbocycles. The van der Waals surface area contributed by atoms with Crippen molar-refractivity contribution < 1.29 is 14.3 Å². The first kappa shape index (κ1) is 14.5. The highest BCUT2D eigenvalue weighted by Gasteiger charge is 2.17. The van der Waals surface area contributed by atoms with Gasteiger partial charge in [-0.1, -0.05) is 29.8 Å². The van der Waals surface area contributed by atoms with Gasteiger partial charge in [-0.25, -0.2) is 0 Å². The lowest BCUT2D eigenvalue weighted by atomic mass is 10.0. The van der Waals surface area contributed by atoms with E-state index < -0.39 is 0 Å². The summed E-state index contributed by atoms with van der Waals surface area (Å²) in [5.74, 6) is -0.317. The van der Waals surface area contributed by atoms with Crippen molar-refractivity contribution in [3.8, 4) is 11.1 Å². The van der Waals surface area contributed by atoms with Crippen molar-refractivity contribution in [2.24, 2.45) is 0 Å². The molecule has 3 aromatic rings. The number of aryl methyl sites for hydroxylation is 1. The minimum absolute atomic E-state index is 0.152. The van der Waals surface area contributed by atoms with Gasteiger partial charge in [-0.3, -0.25) is 9.59 Å². The lowest BCUT2D eigenvalue weighted by molar-refractivity contribution is -0.139. The Kier molecular flexibility index (Phi) is 3.81. The zero-order chi connectivity index (χ0) is 15.7. The molecule has 1 aromatic carbocycles. The number of aldehydes is 1. The van der Waals surface area contributed by atoms with E-state index in [2.05, 4.69) is 0 Å². The normalized spacial score (nSPS) is 10.8. The first-order valence-electron chi connectivity index (χ1n) is 6.85. The molecule has 22 heavy (non-hydrogen) atoms. The van der Waals surface area contributed by atoms with Crippen LogP contribution in [0.15, 0.2) is 35.7 Å². The smallest absolute Gasteiger partial charge is 0.311 e. The van der Waals surface area contributed by atoms with E-state index in [0.29, 0.717) is 5.69 Å². The number of hydrogen-bond acceptors (Lipinski definition) is 4. The monoisotopic (exact) mass is 313 g/mol. The van der Waals surface area contributed by atoms with Gasteiger partial charge in [0.25, 0.3) is 0 Å². The number of nitrogens with zero attached hydrogens (tertiary/aromatic N) is 1. The number of methoxy groups -OCH3 is 1. The topological polar surface area (TPSA) is 47.8 Å². The third-order valence-corrected chi connectivity index (χ3v) is 4.53. The molecule has 0 amide bonds. The molecule has 2 aromatic heterocycles. The highest BCUT2D eigenvalue weighted by molar-refractivity contribution is 7.15. The van der Waals surface area contributed by atoms with Crippen molar-refractivity contribution in [2.75, 3.05) is 7.11 Å². The third-order valence-electron chi connectivity index (χ3n) is 3.60. The predicted octanol–water partition coefficient (Wildman–Crippen LogP) is 3.50. The number of thiazole rings is 1. The number of carbonyl (C=O) groups is 2. The molecule has 0 saturated heterocycles. The molecule has 5 heteroatoms. The van der Waals surface area contributed by atoms with Crippen molar-refractivity contribution in [3.05, 3.63) is 52.7 Å². The summed E-state index contributed by atoms with van der Waals surface area (Å²) < 4.78 is 6.56. The van der Waals surface area contributed by atoms with E-state index in [1.165, 1.54) is 18.4 Å². The van der Waals surface area contributed by atoms with Crippen LogP contribution in [0.1, 0.15) is 21.7 Å². The number of carbonyl (C=O) groups excluding carboxylic acids is 2. The summed E-state index contributed by atoms with van der Waals surface area (Å²) in [6, 6.07) is 10.0. The third kappa shape index (κ3) is 2.44. The fourth-order valence-electron chi connectivity index (χ4n) is 2.57. The molecule has 0 bridgehead atoms. The van der Waals surface area contributed by atoms with Crippen LogP contribution in [-0.4, -0.2) is 23.8 Å². The summed E-state index contributed by atoms with van der Waals surface area (Å²) in [7, 11) is 1.36. The molecule has 4 nitrogen and oxygen atoms in total. The fraction of sp³-hybridized carbons (Fsp3) is 0.176. The maximum Gasteiger partial charge on any atom is 0.311 e. The highest BCUT2D eigenvalue weighted by Crippen LogP contribution is 2.31. The second-order valence-electron chi connectivity index (χ2n) is 5.08. The van der Waals surface area contributed by atoms with Gasteiger partial charge < -0.3 is 9.14 Å². The van der Waals surface area contributed by atoms with E-state index >= 15 is 0 Å². The van der Waals surface area contributed by atoms with Gasteiger partial charge in [-0.15, -0.1) is 11.3 Å². The summed E-state index contributed by atoms with van der Waals surface area (Å²) in [5, 5.41) is 1.89. The zero-order valence-corrected chi connectivity index (χ0v) is 13.1. The summed E-state index contributed by atoms with van der Waals surface area (Å²) in [4.78, 5) is 24.1. The van der Waals surface area contributed by atoms with Crippen LogP contribution in [0.2, 0.25) is 0 Å². The van der Waals surface area contributed by atoms with Gasteiger partial charge in [0.1, 0.15) is 4.83 Å². The number of ether oxygens (including phenoxy) is 1. The first-order chi connectivity index (χ1) is 10.6. The quantitative estimate of drug-likeness (QED) is 0.547. The summed E-state index contributed by atoms with van der Waals surface area (Å²) in [6.45, 7) is 2.02. The number of fused-ring (bicyclic) bond motifs is 1. The molecule has 0 atom stereocenters. The van der Waals surface area contributed by atoms with Gasteiger partial charge in [0.2, 0.25) is 0 Å². The summed E-state index contributed by atoms with van der Waals surface area (Å²) in [6.07, 6.45) is 0.997. The molecule has 0 N–H and O–H groups in total. The van der Waals surface area contributed by atoms with E-state index in [0.717, 1.165) is 33.5 Å². The lowest BCUT2D eigenvalue weighted by Crippen LogP contribution is -2.07. The first-order valence-corrected chi connectivity index (χ1v) is 7.73. The molecular formula is C17H15NO3S. The second-order valence-corrected chi connectivity index (χ2v) is 5.97. The Hall–Kier alpha value is -2.40.